The SMILES string of the molecule is CN1\C(=C/C=C/C=C/C=C/c2ccccc2)C(C)(C)c2ccccc21. The van der Waals surface area contributed by atoms with E-state index < -0.39 is 0 Å². The van der Waals surface area contributed by atoms with Crippen LogP contribution in [-0.2, 0) is 5.41 Å². The van der Waals surface area contributed by atoms with Crippen molar-refractivity contribution in [1.82, 2.24) is 0 Å². The van der Waals surface area contributed by atoms with Crippen LogP contribution in [0.5, 0.6) is 0 Å². The summed E-state index contributed by atoms with van der Waals surface area (Å²) in [7, 11) is 2.14. The van der Waals surface area contributed by atoms with Gasteiger partial charge in [-0.2, -0.15) is 0 Å². The maximum absolute atomic E-state index is 2.29. The van der Waals surface area contributed by atoms with Crippen molar-refractivity contribution in [2.24, 2.45) is 0 Å². The number of fused-ring (bicyclic) bond motifs is 1. The highest BCUT2D eigenvalue weighted by molar-refractivity contribution is 5.70. The lowest BCUT2D eigenvalue weighted by Crippen LogP contribution is -2.22. The Morgan fingerprint density at radius 1 is 0.760 bits per heavy atom. The van der Waals surface area contributed by atoms with Gasteiger partial charge in [0.1, 0.15) is 0 Å². The van der Waals surface area contributed by atoms with Crippen LogP contribution in [-0.4, -0.2) is 7.05 Å². The number of anilines is 1. The Bertz CT molecular complexity index is 835. The third-order valence-corrected chi connectivity index (χ3v) is 4.73. The topological polar surface area (TPSA) is 3.24 Å². The van der Waals surface area contributed by atoms with Crippen molar-refractivity contribution in [2.45, 2.75) is 19.3 Å². The minimum atomic E-state index is 0.0343. The van der Waals surface area contributed by atoms with E-state index in [-0.39, 0.29) is 5.41 Å². The molecule has 0 saturated heterocycles. The van der Waals surface area contributed by atoms with Crippen LogP contribution >= 0.6 is 0 Å². The molecule has 25 heavy (non-hydrogen) atoms. The molecule has 1 nitrogen and oxygen atoms in total. The number of benzene rings is 2. The molecule has 0 unspecified atom stereocenters. The molecule has 0 N–H and O–H groups in total. The smallest absolute Gasteiger partial charge is 0.0447 e. The molecule has 1 heterocycles. The van der Waals surface area contributed by atoms with Gasteiger partial charge in [-0.3, -0.25) is 0 Å². The van der Waals surface area contributed by atoms with Crippen LogP contribution in [0.4, 0.5) is 5.69 Å². The summed E-state index contributed by atoms with van der Waals surface area (Å²) < 4.78 is 0. The van der Waals surface area contributed by atoms with Gasteiger partial charge in [0.25, 0.3) is 0 Å². The minimum Gasteiger partial charge on any atom is -0.347 e. The fourth-order valence-corrected chi connectivity index (χ4v) is 3.37. The van der Waals surface area contributed by atoms with Gasteiger partial charge in [-0.15, -0.1) is 0 Å². The van der Waals surface area contributed by atoms with E-state index >= 15 is 0 Å². The van der Waals surface area contributed by atoms with E-state index in [0.717, 1.165) is 0 Å². The van der Waals surface area contributed by atoms with Gasteiger partial charge in [0.05, 0.1) is 0 Å². The minimum absolute atomic E-state index is 0.0343. The Labute approximate surface area is 151 Å². The van der Waals surface area contributed by atoms with E-state index in [0.29, 0.717) is 0 Å². The Morgan fingerprint density at radius 2 is 1.40 bits per heavy atom. The summed E-state index contributed by atoms with van der Waals surface area (Å²) in [5.41, 5.74) is 5.25. The van der Waals surface area contributed by atoms with E-state index in [1.165, 1.54) is 22.5 Å². The zero-order valence-corrected chi connectivity index (χ0v) is 15.2. The quantitative estimate of drug-likeness (QED) is 0.611. The van der Waals surface area contributed by atoms with Crippen LogP contribution in [0.25, 0.3) is 6.08 Å². The predicted molar refractivity (Wildman–Crippen MR) is 110 cm³/mol. The van der Waals surface area contributed by atoms with E-state index in [2.05, 4.69) is 105 Å². The summed E-state index contributed by atoms with van der Waals surface area (Å²) in [5, 5.41) is 0. The zero-order chi connectivity index (χ0) is 17.7. The van der Waals surface area contributed by atoms with E-state index in [1.807, 2.05) is 18.2 Å². The van der Waals surface area contributed by atoms with Gasteiger partial charge in [0.15, 0.2) is 0 Å². The summed E-state index contributed by atoms with van der Waals surface area (Å²) >= 11 is 0. The average Bonchev–Trinajstić information content (AvgIpc) is 2.82. The molecule has 0 aliphatic carbocycles. The van der Waals surface area contributed by atoms with Crippen LogP contribution < -0.4 is 4.90 Å². The van der Waals surface area contributed by atoms with Gasteiger partial charge in [0, 0.05) is 23.8 Å². The second-order valence-electron chi connectivity index (χ2n) is 6.79. The molecular weight excluding hydrogens is 302 g/mol. The number of allylic oxidation sites excluding steroid dienone is 7. The molecule has 2 aromatic rings. The molecule has 0 aromatic heterocycles. The first-order valence-corrected chi connectivity index (χ1v) is 8.71. The van der Waals surface area contributed by atoms with Crippen molar-refractivity contribution in [2.75, 3.05) is 11.9 Å². The summed E-state index contributed by atoms with van der Waals surface area (Å²) in [6.45, 7) is 4.57. The highest BCUT2D eigenvalue weighted by Crippen LogP contribution is 2.46. The Kier molecular flexibility index (Phi) is 5.04. The molecule has 0 spiro atoms. The second-order valence-corrected chi connectivity index (χ2v) is 6.79. The molecule has 0 amide bonds. The largest absolute Gasteiger partial charge is 0.347 e. The van der Waals surface area contributed by atoms with Crippen molar-refractivity contribution in [3.63, 3.8) is 0 Å². The number of rotatable bonds is 4. The summed E-state index contributed by atoms with van der Waals surface area (Å²) in [5.74, 6) is 0. The van der Waals surface area contributed by atoms with Crippen LogP contribution in [0.2, 0.25) is 0 Å². The lowest BCUT2D eigenvalue weighted by Gasteiger charge is -2.23. The number of nitrogens with zero attached hydrogens (tertiary/aromatic N) is 1. The molecule has 126 valence electrons. The van der Waals surface area contributed by atoms with Crippen molar-refractivity contribution >= 4 is 11.8 Å². The number of likely N-dealkylation sites (N-methyl/N-ethyl adjacent to an activating group) is 1. The van der Waals surface area contributed by atoms with Gasteiger partial charge >= 0.3 is 0 Å². The lowest BCUT2D eigenvalue weighted by molar-refractivity contribution is 0.640. The van der Waals surface area contributed by atoms with Crippen molar-refractivity contribution in [3.05, 3.63) is 108 Å². The first-order chi connectivity index (χ1) is 12.1. The number of hydrogen-bond donors (Lipinski definition) is 0. The zero-order valence-electron chi connectivity index (χ0n) is 15.2. The van der Waals surface area contributed by atoms with Gasteiger partial charge < -0.3 is 4.90 Å². The molecule has 3 rings (SSSR count). The van der Waals surface area contributed by atoms with Gasteiger partial charge in [-0.25, -0.2) is 0 Å². The molecule has 1 aliphatic heterocycles. The number of para-hydroxylation sites is 1. The van der Waals surface area contributed by atoms with Crippen molar-refractivity contribution in [1.29, 1.82) is 0 Å². The van der Waals surface area contributed by atoms with Gasteiger partial charge in [-0.1, -0.05) is 98.8 Å². The van der Waals surface area contributed by atoms with Crippen LogP contribution in [0.15, 0.2) is 96.8 Å². The average molecular weight is 327 g/mol. The van der Waals surface area contributed by atoms with Gasteiger partial charge in [0.2, 0.25) is 0 Å². The first kappa shape index (κ1) is 17.0. The Balaban J connectivity index is 1.67. The normalized spacial score (nSPS) is 18.0. The Hall–Kier alpha value is -2.80. The maximum atomic E-state index is 2.29. The molecule has 0 saturated carbocycles. The van der Waals surface area contributed by atoms with E-state index in [1.54, 1.807) is 0 Å². The van der Waals surface area contributed by atoms with Crippen LogP contribution in [0.3, 0.4) is 0 Å². The van der Waals surface area contributed by atoms with Crippen LogP contribution in [0, 0.1) is 0 Å². The summed E-state index contributed by atoms with van der Waals surface area (Å²) in [4.78, 5) is 2.29. The predicted octanol–water partition coefficient (Wildman–Crippen LogP) is 6.12. The monoisotopic (exact) mass is 327 g/mol. The maximum Gasteiger partial charge on any atom is 0.0447 e. The van der Waals surface area contributed by atoms with Crippen molar-refractivity contribution < 1.29 is 0 Å². The third-order valence-electron chi connectivity index (χ3n) is 4.73. The van der Waals surface area contributed by atoms with E-state index in [9.17, 15) is 0 Å². The van der Waals surface area contributed by atoms with Gasteiger partial charge in [-0.05, 0) is 23.3 Å². The highest BCUT2D eigenvalue weighted by atomic mass is 15.2. The first-order valence-electron chi connectivity index (χ1n) is 8.71. The van der Waals surface area contributed by atoms with Crippen molar-refractivity contribution in [3.8, 4) is 0 Å². The number of hydrogen-bond acceptors (Lipinski definition) is 1. The fraction of sp³-hybridized carbons (Fsp3) is 0.167. The lowest BCUT2D eigenvalue weighted by atomic mass is 9.84. The molecular formula is C24H25N. The standard InChI is InChI=1S/C24H25N/c1-24(2)21-17-12-13-18-22(21)25(3)23(24)19-11-6-4-5-8-14-20-15-9-7-10-16-20/h4-19H,1-3H3/b5-4+,11-6+,14-8+,23-19-. The molecule has 1 aliphatic rings. The van der Waals surface area contributed by atoms with Crippen LogP contribution in [0.1, 0.15) is 25.0 Å². The third kappa shape index (κ3) is 3.66. The molecule has 0 bridgehead atoms. The highest BCUT2D eigenvalue weighted by Gasteiger charge is 2.37. The van der Waals surface area contributed by atoms with E-state index in [4.69, 9.17) is 0 Å². The molecule has 0 radical (unpaired) electrons. The summed E-state index contributed by atoms with van der Waals surface area (Å²) in [6.07, 6.45) is 14.7. The molecule has 0 fully saturated rings. The molecule has 0 atom stereocenters. The molecule has 1 heteroatoms. The molecule has 2 aromatic carbocycles. The Morgan fingerprint density at radius 3 is 2.16 bits per heavy atom. The fourth-order valence-electron chi connectivity index (χ4n) is 3.37. The second kappa shape index (κ2) is 7.40. The summed E-state index contributed by atoms with van der Waals surface area (Å²) in [6, 6.07) is 19.0.